The second-order valence-corrected chi connectivity index (χ2v) is 5.50. The highest BCUT2D eigenvalue weighted by molar-refractivity contribution is 7.78. The molecule has 1 heterocycles. The Morgan fingerprint density at radius 3 is 2.76 bits per heavy atom. The van der Waals surface area contributed by atoms with Crippen LogP contribution in [0.2, 0.25) is 0 Å². The van der Waals surface area contributed by atoms with Gasteiger partial charge in [0.2, 0.25) is 0 Å². The Labute approximate surface area is 105 Å². The second-order valence-electron chi connectivity index (χ2n) is 4.60. The van der Waals surface area contributed by atoms with Gasteiger partial charge in [-0.3, -0.25) is 4.21 Å². The second kappa shape index (κ2) is 5.76. The zero-order chi connectivity index (χ0) is 12.3. The average molecular weight is 252 g/mol. The predicted molar refractivity (Wildman–Crippen MR) is 68.6 cm³/mol. The van der Waals surface area contributed by atoms with Crippen LogP contribution in [0.15, 0.2) is 18.2 Å². The first-order chi connectivity index (χ1) is 8.18. The Bertz CT molecular complexity index is 414. The molecule has 1 unspecified atom stereocenters. The van der Waals surface area contributed by atoms with E-state index in [1.165, 1.54) is 5.56 Å². The van der Waals surface area contributed by atoms with Crippen LogP contribution in [-0.4, -0.2) is 21.9 Å². The Hall–Kier alpha value is -0.710. The predicted octanol–water partition coefficient (Wildman–Crippen LogP) is 1.84. The number of benzene rings is 1. The lowest BCUT2D eigenvalue weighted by molar-refractivity contribution is 0.459. The molecule has 1 fully saturated rings. The first-order valence-electron chi connectivity index (χ1n) is 6.03. The number of hydrogen-bond donors (Lipinski definition) is 1. The number of hydrogen-bond acceptors (Lipinski definition) is 3. The van der Waals surface area contributed by atoms with Crippen LogP contribution in [-0.2, 0) is 16.8 Å². The van der Waals surface area contributed by atoms with Gasteiger partial charge in [-0.1, -0.05) is 29.3 Å². The van der Waals surface area contributed by atoms with Crippen molar-refractivity contribution in [2.75, 3.05) is 13.1 Å². The molecule has 1 aliphatic heterocycles. The zero-order valence-corrected chi connectivity index (χ0v) is 10.9. The smallest absolute Gasteiger partial charge is 0.0355 e. The van der Waals surface area contributed by atoms with Crippen LogP contribution < -0.4 is 5.32 Å². The maximum atomic E-state index is 10.8. The van der Waals surface area contributed by atoms with Crippen molar-refractivity contribution >= 4 is 11.1 Å². The lowest BCUT2D eigenvalue weighted by atomic mass is 9.86. The van der Waals surface area contributed by atoms with E-state index in [0.29, 0.717) is 5.92 Å². The molecule has 3 nitrogen and oxygen atoms in total. The summed E-state index contributed by atoms with van der Waals surface area (Å²) in [5.41, 5.74) is 3.42. The molecule has 0 aromatic heterocycles. The van der Waals surface area contributed by atoms with Gasteiger partial charge >= 0.3 is 0 Å². The summed E-state index contributed by atoms with van der Waals surface area (Å²) in [6.45, 7) is 4.16. The summed E-state index contributed by atoms with van der Waals surface area (Å²) < 4.78 is 21.6. The molecular formula is C13H18NO2S-. The molecule has 17 heavy (non-hydrogen) atoms. The van der Waals surface area contributed by atoms with Crippen LogP contribution in [0.3, 0.4) is 0 Å². The largest absolute Gasteiger partial charge is 0.772 e. The molecule has 94 valence electrons. The summed E-state index contributed by atoms with van der Waals surface area (Å²) in [5, 5.41) is 3.35. The molecule has 2 rings (SSSR count). The molecule has 0 bridgehead atoms. The summed E-state index contributed by atoms with van der Waals surface area (Å²) in [5.74, 6) is 0.710. The van der Waals surface area contributed by atoms with Crippen molar-refractivity contribution in [3.8, 4) is 0 Å². The first-order valence-corrected chi connectivity index (χ1v) is 7.28. The highest BCUT2D eigenvalue weighted by Gasteiger charge is 2.17. The number of rotatable bonds is 3. The molecule has 0 amide bonds. The SMILES string of the molecule is Cc1c(CS(=O)[O-])cccc1C1CCNCC1. The number of piperidine rings is 1. The topological polar surface area (TPSA) is 52.2 Å². The molecule has 1 aliphatic rings. The maximum absolute atomic E-state index is 10.8. The zero-order valence-electron chi connectivity index (χ0n) is 10.1. The molecule has 1 N–H and O–H groups in total. The van der Waals surface area contributed by atoms with Gasteiger partial charge in [-0.05, 0) is 55.5 Å². The van der Waals surface area contributed by atoms with Gasteiger partial charge in [0, 0.05) is 5.75 Å². The minimum Gasteiger partial charge on any atom is -0.772 e. The van der Waals surface area contributed by atoms with Crippen LogP contribution in [0.4, 0.5) is 0 Å². The lowest BCUT2D eigenvalue weighted by Crippen LogP contribution is -2.27. The fourth-order valence-electron chi connectivity index (χ4n) is 2.56. The summed E-state index contributed by atoms with van der Waals surface area (Å²) in [4.78, 5) is 0. The molecule has 1 atom stereocenters. The summed E-state index contributed by atoms with van der Waals surface area (Å²) in [6, 6.07) is 6.03. The van der Waals surface area contributed by atoms with Gasteiger partial charge in [-0.15, -0.1) is 0 Å². The summed E-state index contributed by atoms with van der Waals surface area (Å²) in [6.07, 6.45) is 2.29. The minimum absolute atomic E-state index is 0.130. The van der Waals surface area contributed by atoms with Gasteiger partial charge in [-0.2, -0.15) is 0 Å². The molecule has 0 saturated carbocycles. The lowest BCUT2D eigenvalue weighted by Gasteiger charge is -2.25. The highest BCUT2D eigenvalue weighted by atomic mass is 32.2. The molecule has 0 radical (unpaired) electrons. The standard InChI is InChI=1S/C13H19NO2S/c1-10-12(9-17(15)16)3-2-4-13(10)11-5-7-14-8-6-11/h2-4,11,14H,5-9H2,1H3,(H,15,16)/p-1. The van der Waals surface area contributed by atoms with Gasteiger partial charge < -0.3 is 9.87 Å². The monoisotopic (exact) mass is 252 g/mol. The highest BCUT2D eigenvalue weighted by Crippen LogP contribution is 2.29. The maximum Gasteiger partial charge on any atom is 0.0355 e. The molecule has 4 heteroatoms. The van der Waals surface area contributed by atoms with E-state index in [1.54, 1.807) is 0 Å². The first kappa shape index (κ1) is 12.7. The van der Waals surface area contributed by atoms with Gasteiger partial charge in [0.15, 0.2) is 0 Å². The van der Waals surface area contributed by atoms with Gasteiger partial charge in [0.1, 0.15) is 0 Å². The normalized spacial score (nSPS) is 19.2. The summed E-state index contributed by atoms with van der Waals surface area (Å²) in [7, 11) is 0. The van der Waals surface area contributed by atoms with Crippen LogP contribution in [0.25, 0.3) is 0 Å². The third-order valence-corrected chi connectivity index (χ3v) is 4.09. The van der Waals surface area contributed by atoms with E-state index in [2.05, 4.69) is 11.4 Å². The van der Waals surface area contributed by atoms with Crippen LogP contribution in [0.1, 0.15) is 35.4 Å². The van der Waals surface area contributed by atoms with Crippen molar-refractivity contribution in [3.05, 3.63) is 34.9 Å². The van der Waals surface area contributed by atoms with Gasteiger partial charge in [-0.25, -0.2) is 0 Å². The third kappa shape index (κ3) is 3.15. The van der Waals surface area contributed by atoms with Crippen LogP contribution in [0.5, 0.6) is 0 Å². The van der Waals surface area contributed by atoms with Crippen molar-refractivity contribution in [3.63, 3.8) is 0 Å². The minimum atomic E-state index is -2.00. The Balaban J connectivity index is 2.24. The quantitative estimate of drug-likeness (QED) is 0.835. The molecule has 0 aliphatic carbocycles. The van der Waals surface area contributed by atoms with Crippen molar-refractivity contribution in [2.24, 2.45) is 0 Å². The molecule has 1 aromatic carbocycles. The Morgan fingerprint density at radius 2 is 2.12 bits per heavy atom. The molecule has 1 saturated heterocycles. The average Bonchev–Trinajstić information content (AvgIpc) is 2.32. The van der Waals surface area contributed by atoms with Crippen molar-refractivity contribution in [1.82, 2.24) is 5.32 Å². The molecular weight excluding hydrogens is 234 g/mol. The van der Waals surface area contributed by atoms with Crippen molar-refractivity contribution in [2.45, 2.75) is 31.4 Å². The summed E-state index contributed by atoms with van der Waals surface area (Å²) >= 11 is -2.00. The van der Waals surface area contributed by atoms with Gasteiger partial charge in [0.25, 0.3) is 0 Å². The Kier molecular flexibility index (Phi) is 4.31. The third-order valence-electron chi connectivity index (χ3n) is 3.54. The fraction of sp³-hybridized carbons (Fsp3) is 0.538. The van der Waals surface area contributed by atoms with E-state index >= 15 is 0 Å². The van der Waals surface area contributed by atoms with E-state index in [-0.39, 0.29) is 5.75 Å². The van der Waals surface area contributed by atoms with Crippen molar-refractivity contribution in [1.29, 1.82) is 0 Å². The van der Waals surface area contributed by atoms with Crippen molar-refractivity contribution < 1.29 is 8.76 Å². The van der Waals surface area contributed by atoms with Gasteiger partial charge in [0.05, 0.1) is 0 Å². The number of nitrogens with one attached hydrogen (secondary N) is 1. The molecule has 1 aromatic rings. The van der Waals surface area contributed by atoms with E-state index in [1.807, 2.05) is 19.1 Å². The van der Waals surface area contributed by atoms with E-state index in [0.717, 1.165) is 37.1 Å². The van der Waals surface area contributed by atoms with Crippen LogP contribution >= 0.6 is 0 Å². The van der Waals surface area contributed by atoms with E-state index < -0.39 is 11.1 Å². The van der Waals surface area contributed by atoms with Crippen LogP contribution in [0, 0.1) is 6.92 Å². The van der Waals surface area contributed by atoms with E-state index in [9.17, 15) is 8.76 Å². The van der Waals surface area contributed by atoms with E-state index in [4.69, 9.17) is 0 Å². The fourth-order valence-corrected chi connectivity index (χ4v) is 3.13. The molecule has 0 spiro atoms. The Morgan fingerprint density at radius 1 is 1.41 bits per heavy atom.